The predicted molar refractivity (Wildman–Crippen MR) is 66.5 cm³/mol. The molecule has 2 heterocycles. The fourth-order valence-electron chi connectivity index (χ4n) is 2.42. The van der Waals surface area contributed by atoms with Gasteiger partial charge in [0, 0.05) is 19.8 Å². The Kier molecular flexibility index (Phi) is 4.39. The molecule has 0 saturated carbocycles. The quantitative estimate of drug-likeness (QED) is 0.634. The van der Waals surface area contributed by atoms with Crippen molar-refractivity contribution >= 4 is 11.6 Å². The van der Waals surface area contributed by atoms with Crippen molar-refractivity contribution in [2.45, 2.75) is 32.4 Å². The summed E-state index contributed by atoms with van der Waals surface area (Å²) in [6.07, 6.45) is 3.68. The molecule has 6 heteroatoms. The van der Waals surface area contributed by atoms with Gasteiger partial charge in [0.25, 0.3) is 0 Å². The van der Waals surface area contributed by atoms with Crippen molar-refractivity contribution in [3.63, 3.8) is 0 Å². The summed E-state index contributed by atoms with van der Waals surface area (Å²) in [7, 11) is 0. The SMILES string of the molecule is CCn1ncc(Cl)c1C(NN)C1CCOCC1. The van der Waals surface area contributed by atoms with E-state index in [-0.39, 0.29) is 6.04 Å². The van der Waals surface area contributed by atoms with Crippen molar-refractivity contribution < 1.29 is 4.74 Å². The number of rotatable bonds is 4. The lowest BCUT2D eigenvalue weighted by Gasteiger charge is -2.30. The maximum absolute atomic E-state index is 6.21. The molecule has 1 aliphatic rings. The number of nitrogens with one attached hydrogen (secondary N) is 1. The molecule has 0 bridgehead atoms. The summed E-state index contributed by atoms with van der Waals surface area (Å²) in [5.41, 5.74) is 3.88. The minimum absolute atomic E-state index is 0.0499. The smallest absolute Gasteiger partial charge is 0.0834 e. The first-order chi connectivity index (χ1) is 8.27. The van der Waals surface area contributed by atoms with E-state index in [1.165, 1.54) is 0 Å². The zero-order valence-electron chi connectivity index (χ0n) is 10.0. The highest BCUT2D eigenvalue weighted by Crippen LogP contribution is 2.33. The monoisotopic (exact) mass is 258 g/mol. The fourth-order valence-corrected chi connectivity index (χ4v) is 2.68. The summed E-state index contributed by atoms with van der Waals surface area (Å²) in [5, 5.41) is 4.94. The van der Waals surface area contributed by atoms with Gasteiger partial charge in [0.05, 0.1) is 23.0 Å². The molecule has 96 valence electrons. The van der Waals surface area contributed by atoms with Gasteiger partial charge < -0.3 is 4.74 Å². The summed E-state index contributed by atoms with van der Waals surface area (Å²) in [4.78, 5) is 0. The zero-order valence-corrected chi connectivity index (χ0v) is 10.8. The van der Waals surface area contributed by atoms with E-state index in [9.17, 15) is 0 Å². The lowest BCUT2D eigenvalue weighted by molar-refractivity contribution is 0.0525. The van der Waals surface area contributed by atoms with Crippen LogP contribution in [-0.4, -0.2) is 23.0 Å². The van der Waals surface area contributed by atoms with Crippen LogP contribution in [0.5, 0.6) is 0 Å². The van der Waals surface area contributed by atoms with E-state index in [2.05, 4.69) is 10.5 Å². The molecule has 17 heavy (non-hydrogen) atoms. The second kappa shape index (κ2) is 5.82. The first-order valence-electron chi connectivity index (χ1n) is 6.03. The van der Waals surface area contributed by atoms with Crippen molar-refractivity contribution in [2.24, 2.45) is 11.8 Å². The first kappa shape index (κ1) is 12.8. The molecule has 1 aromatic rings. The van der Waals surface area contributed by atoms with Gasteiger partial charge in [0.15, 0.2) is 0 Å². The van der Waals surface area contributed by atoms with E-state index < -0.39 is 0 Å². The normalized spacial score (nSPS) is 19.5. The molecule has 1 atom stereocenters. The van der Waals surface area contributed by atoms with Crippen molar-refractivity contribution in [2.75, 3.05) is 13.2 Å². The van der Waals surface area contributed by atoms with Gasteiger partial charge in [0.1, 0.15) is 0 Å². The maximum Gasteiger partial charge on any atom is 0.0834 e. The summed E-state index contributed by atoms with van der Waals surface area (Å²) >= 11 is 6.21. The lowest BCUT2D eigenvalue weighted by Crippen LogP contribution is -2.37. The Balaban J connectivity index is 2.23. The van der Waals surface area contributed by atoms with E-state index in [1.807, 2.05) is 11.6 Å². The van der Waals surface area contributed by atoms with Gasteiger partial charge in [-0.1, -0.05) is 11.6 Å². The van der Waals surface area contributed by atoms with E-state index >= 15 is 0 Å². The number of hydrogen-bond acceptors (Lipinski definition) is 4. The second-order valence-corrected chi connectivity index (χ2v) is 4.69. The van der Waals surface area contributed by atoms with Gasteiger partial charge in [-0.3, -0.25) is 16.0 Å². The van der Waals surface area contributed by atoms with Gasteiger partial charge in [-0.15, -0.1) is 0 Å². The number of hydrazine groups is 1. The van der Waals surface area contributed by atoms with Crippen LogP contribution in [0.4, 0.5) is 0 Å². The molecule has 0 amide bonds. The van der Waals surface area contributed by atoms with Crippen LogP contribution in [0.2, 0.25) is 5.02 Å². The third-order valence-electron chi connectivity index (χ3n) is 3.34. The molecule has 3 N–H and O–H groups in total. The molecule has 1 fully saturated rings. The molecule has 1 unspecified atom stereocenters. The van der Waals surface area contributed by atoms with Gasteiger partial charge in [0.2, 0.25) is 0 Å². The number of halogens is 1. The predicted octanol–water partition coefficient (Wildman–Crippen LogP) is 1.49. The summed E-state index contributed by atoms with van der Waals surface area (Å²) in [5.74, 6) is 6.15. The van der Waals surface area contributed by atoms with Gasteiger partial charge in [-0.25, -0.2) is 0 Å². The largest absolute Gasteiger partial charge is 0.381 e. The van der Waals surface area contributed by atoms with Crippen LogP contribution in [0, 0.1) is 5.92 Å². The van der Waals surface area contributed by atoms with Crippen LogP contribution >= 0.6 is 11.6 Å². The number of nitrogens with zero attached hydrogens (tertiary/aromatic N) is 2. The molecule has 0 aliphatic carbocycles. The Morgan fingerprint density at radius 2 is 2.35 bits per heavy atom. The van der Waals surface area contributed by atoms with Gasteiger partial charge >= 0.3 is 0 Å². The fraction of sp³-hybridized carbons (Fsp3) is 0.727. The van der Waals surface area contributed by atoms with Crippen LogP contribution in [0.25, 0.3) is 0 Å². The zero-order chi connectivity index (χ0) is 12.3. The summed E-state index contributed by atoms with van der Waals surface area (Å²) < 4.78 is 7.28. The minimum Gasteiger partial charge on any atom is -0.381 e. The van der Waals surface area contributed by atoms with E-state index in [0.29, 0.717) is 10.9 Å². The van der Waals surface area contributed by atoms with E-state index in [4.69, 9.17) is 22.2 Å². The molecule has 1 aromatic heterocycles. The van der Waals surface area contributed by atoms with Gasteiger partial charge in [-0.2, -0.15) is 5.10 Å². The molecule has 2 rings (SSSR count). The Bertz CT molecular complexity index is 362. The molecule has 0 spiro atoms. The maximum atomic E-state index is 6.21. The first-order valence-corrected chi connectivity index (χ1v) is 6.40. The highest BCUT2D eigenvalue weighted by atomic mass is 35.5. The van der Waals surface area contributed by atoms with Crippen LogP contribution < -0.4 is 11.3 Å². The third-order valence-corrected chi connectivity index (χ3v) is 3.64. The van der Waals surface area contributed by atoms with Crippen molar-refractivity contribution in [1.82, 2.24) is 15.2 Å². The van der Waals surface area contributed by atoms with Crippen LogP contribution in [0.3, 0.4) is 0 Å². The Labute approximate surface area is 106 Å². The highest BCUT2D eigenvalue weighted by molar-refractivity contribution is 6.31. The topological polar surface area (TPSA) is 65.1 Å². The lowest BCUT2D eigenvalue weighted by atomic mass is 9.90. The molecular weight excluding hydrogens is 240 g/mol. The van der Waals surface area contributed by atoms with E-state index in [0.717, 1.165) is 38.3 Å². The average Bonchev–Trinajstić information content (AvgIpc) is 2.74. The molecular formula is C11H19ClN4O. The Morgan fingerprint density at radius 3 is 2.94 bits per heavy atom. The number of aryl methyl sites for hydroxylation is 1. The summed E-state index contributed by atoms with van der Waals surface area (Å²) in [6, 6.07) is 0.0499. The van der Waals surface area contributed by atoms with Crippen LogP contribution in [0.15, 0.2) is 6.20 Å². The summed E-state index contributed by atoms with van der Waals surface area (Å²) in [6.45, 7) is 4.43. The number of ether oxygens (including phenoxy) is 1. The van der Waals surface area contributed by atoms with Crippen molar-refractivity contribution in [1.29, 1.82) is 0 Å². The minimum atomic E-state index is 0.0499. The molecule has 1 aliphatic heterocycles. The molecule has 5 nitrogen and oxygen atoms in total. The number of aromatic nitrogens is 2. The molecule has 1 saturated heterocycles. The van der Waals surface area contributed by atoms with Crippen molar-refractivity contribution in [3.8, 4) is 0 Å². The molecule has 0 aromatic carbocycles. The van der Waals surface area contributed by atoms with Crippen LogP contribution in [0.1, 0.15) is 31.5 Å². The van der Waals surface area contributed by atoms with Crippen LogP contribution in [-0.2, 0) is 11.3 Å². The second-order valence-electron chi connectivity index (χ2n) is 4.29. The average molecular weight is 259 g/mol. The highest BCUT2D eigenvalue weighted by Gasteiger charge is 2.28. The Hall–Kier alpha value is -0.620. The number of hydrogen-bond donors (Lipinski definition) is 2. The van der Waals surface area contributed by atoms with E-state index in [1.54, 1.807) is 6.20 Å². The van der Waals surface area contributed by atoms with Gasteiger partial charge in [-0.05, 0) is 25.7 Å². The standard InChI is InChI=1S/C11H19ClN4O/c1-2-16-11(9(12)7-14-16)10(15-13)8-3-5-17-6-4-8/h7-8,10,15H,2-6,13H2,1H3. The van der Waals surface area contributed by atoms with Crippen molar-refractivity contribution in [3.05, 3.63) is 16.9 Å². The number of nitrogens with two attached hydrogens (primary N) is 1. The molecule has 0 radical (unpaired) electrons. The third kappa shape index (κ3) is 2.63. The Morgan fingerprint density at radius 1 is 1.65 bits per heavy atom.